The van der Waals surface area contributed by atoms with Gasteiger partial charge in [-0.2, -0.15) is 0 Å². The highest BCUT2D eigenvalue weighted by molar-refractivity contribution is 7.90. The van der Waals surface area contributed by atoms with Gasteiger partial charge in [0.25, 0.3) is 5.91 Å². The molecule has 8 heteroatoms. The normalized spacial score (nSPS) is 30.1. The number of ether oxygens (including phenoxy) is 1. The molecule has 0 saturated heterocycles. The molecule has 136 valence electrons. The van der Waals surface area contributed by atoms with Gasteiger partial charge in [-0.3, -0.25) is 9.52 Å². The Bertz CT molecular complexity index is 635. The number of carbonyl (C=O) groups excluding carboxylic acids is 2. The van der Waals surface area contributed by atoms with Gasteiger partial charge in [0.1, 0.15) is 11.1 Å². The van der Waals surface area contributed by atoms with Gasteiger partial charge in [0.2, 0.25) is 10.0 Å². The smallest absolute Gasteiger partial charge is 0.408 e. The van der Waals surface area contributed by atoms with E-state index in [-0.39, 0.29) is 11.7 Å². The number of amides is 2. The van der Waals surface area contributed by atoms with E-state index in [4.69, 9.17) is 4.74 Å². The van der Waals surface area contributed by atoms with Crippen LogP contribution in [0.5, 0.6) is 0 Å². The third-order valence-electron chi connectivity index (χ3n) is 4.04. The molecule has 0 aromatic heterocycles. The van der Waals surface area contributed by atoms with E-state index in [1.54, 1.807) is 20.8 Å². The predicted octanol–water partition coefficient (Wildman–Crippen LogP) is 1.85. The Balaban J connectivity index is 2.18. The molecule has 0 radical (unpaired) electrons. The Morgan fingerprint density at radius 1 is 1.33 bits per heavy atom. The zero-order chi connectivity index (χ0) is 18.0. The fraction of sp³-hybridized carbons (Fsp3) is 0.750. The largest absolute Gasteiger partial charge is 0.444 e. The molecule has 2 atom stereocenters. The van der Waals surface area contributed by atoms with Crippen molar-refractivity contribution in [2.75, 3.05) is 5.75 Å². The molecule has 0 aromatic rings. The summed E-state index contributed by atoms with van der Waals surface area (Å²) >= 11 is 0. The maximum Gasteiger partial charge on any atom is 0.408 e. The fourth-order valence-corrected chi connectivity index (χ4v) is 3.89. The second-order valence-electron chi connectivity index (χ2n) is 7.44. The number of rotatable bonds is 1. The van der Waals surface area contributed by atoms with Crippen molar-refractivity contribution in [3.05, 3.63) is 12.2 Å². The summed E-state index contributed by atoms with van der Waals surface area (Å²) in [4.78, 5) is 24.6. The Kier molecular flexibility index (Phi) is 5.27. The van der Waals surface area contributed by atoms with E-state index in [1.807, 2.05) is 12.2 Å². The van der Waals surface area contributed by atoms with Crippen LogP contribution in [0, 0.1) is 5.92 Å². The average Bonchev–Trinajstić information content (AvgIpc) is 3.07. The molecule has 2 aliphatic rings. The number of allylic oxidation sites excluding steroid dienone is 1. The third-order valence-corrected chi connectivity index (χ3v) is 5.37. The Labute approximate surface area is 143 Å². The van der Waals surface area contributed by atoms with Crippen LogP contribution in [0.15, 0.2) is 12.2 Å². The second-order valence-corrected chi connectivity index (χ2v) is 9.28. The lowest BCUT2D eigenvalue weighted by atomic mass is 10.1. The summed E-state index contributed by atoms with van der Waals surface area (Å²) in [6.07, 6.45) is 6.55. The van der Waals surface area contributed by atoms with E-state index in [0.29, 0.717) is 12.8 Å². The molecule has 2 rings (SSSR count). The fourth-order valence-electron chi connectivity index (χ4n) is 2.74. The molecule has 0 bridgehead atoms. The first-order chi connectivity index (χ1) is 11.0. The first-order valence-electron chi connectivity index (χ1n) is 8.27. The zero-order valence-electron chi connectivity index (χ0n) is 14.4. The van der Waals surface area contributed by atoms with Gasteiger partial charge >= 0.3 is 6.09 Å². The first kappa shape index (κ1) is 18.8. The second kappa shape index (κ2) is 6.74. The van der Waals surface area contributed by atoms with Crippen LogP contribution in [-0.2, 0) is 19.6 Å². The molecular weight excluding hydrogens is 332 g/mol. The highest BCUT2D eigenvalue weighted by Crippen LogP contribution is 2.45. The van der Waals surface area contributed by atoms with Gasteiger partial charge in [-0.15, -0.1) is 0 Å². The maximum atomic E-state index is 12.5. The SMILES string of the molecule is CC(C)(C)OC(=O)N[C@]12CC1C=CCCCCCS(=O)(=O)NC2=O. The van der Waals surface area contributed by atoms with Gasteiger partial charge in [0.15, 0.2) is 0 Å². The Morgan fingerprint density at radius 3 is 2.71 bits per heavy atom. The molecule has 1 aliphatic carbocycles. The Hall–Kier alpha value is -1.57. The van der Waals surface area contributed by atoms with Crippen molar-refractivity contribution in [1.29, 1.82) is 0 Å². The monoisotopic (exact) mass is 358 g/mol. The number of carbonyl (C=O) groups is 2. The van der Waals surface area contributed by atoms with Crippen LogP contribution >= 0.6 is 0 Å². The van der Waals surface area contributed by atoms with E-state index >= 15 is 0 Å². The molecule has 0 aromatic carbocycles. The maximum absolute atomic E-state index is 12.5. The summed E-state index contributed by atoms with van der Waals surface area (Å²) in [7, 11) is -3.69. The van der Waals surface area contributed by atoms with E-state index in [2.05, 4.69) is 10.0 Å². The van der Waals surface area contributed by atoms with Gasteiger partial charge in [-0.1, -0.05) is 18.6 Å². The standard InChI is InChI=1S/C16H26N2O5S/c1-15(2,3)23-14(20)17-16-11-12(16)9-7-5-4-6-8-10-24(21,22)18-13(16)19/h7,9,12H,4-6,8,10-11H2,1-3H3,(H,17,20)(H,18,19)/t12?,16-/m1/s1. The summed E-state index contributed by atoms with van der Waals surface area (Å²) in [5, 5.41) is 2.58. The summed E-state index contributed by atoms with van der Waals surface area (Å²) in [6, 6.07) is 0. The van der Waals surface area contributed by atoms with Gasteiger partial charge in [-0.05, 0) is 46.5 Å². The van der Waals surface area contributed by atoms with Crippen LogP contribution < -0.4 is 10.0 Å². The van der Waals surface area contributed by atoms with Crippen LogP contribution in [0.4, 0.5) is 4.79 Å². The lowest BCUT2D eigenvalue weighted by molar-refractivity contribution is -0.122. The van der Waals surface area contributed by atoms with Crippen molar-refractivity contribution in [2.45, 2.75) is 64.0 Å². The van der Waals surface area contributed by atoms with Crippen LogP contribution in [0.2, 0.25) is 0 Å². The van der Waals surface area contributed by atoms with E-state index in [0.717, 1.165) is 19.3 Å². The van der Waals surface area contributed by atoms with Crippen molar-refractivity contribution in [2.24, 2.45) is 5.92 Å². The molecule has 1 unspecified atom stereocenters. The Morgan fingerprint density at radius 2 is 2.04 bits per heavy atom. The molecule has 1 heterocycles. The van der Waals surface area contributed by atoms with Crippen molar-refractivity contribution >= 4 is 22.0 Å². The number of fused-ring (bicyclic) bond motifs is 1. The molecule has 1 fully saturated rings. The third kappa shape index (κ3) is 4.96. The summed E-state index contributed by atoms with van der Waals surface area (Å²) in [5.74, 6) is -1.00. The molecule has 2 N–H and O–H groups in total. The van der Waals surface area contributed by atoms with Crippen LogP contribution in [-0.4, -0.2) is 37.3 Å². The van der Waals surface area contributed by atoms with E-state index in [1.165, 1.54) is 0 Å². The molecule has 7 nitrogen and oxygen atoms in total. The van der Waals surface area contributed by atoms with Crippen LogP contribution in [0.1, 0.15) is 52.9 Å². The summed E-state index contributed by atoms with van der Waals surface area (Å²) in [6.45, 7) is 5.17. The van der Waals surface area contributed by atoms with Gasteiger partial charge < -0.3 is 10.1 Å². The lowest BCUT2D eigenvalue weighted by Gasteiger charge is -2.23. The zero-order valence-corrected chi connectivity index (χ0v) is 15.2. The van der Waals surface area contributed by atoms with Crippen LogP contribution in [0.3, 0.4) is 0 Å². The summed E-state index contributed by atoms with van der Waals surface area (Å²) in [5.41, 5.74) is -1.94. The highest BCUT2D eigenvalue weighted by atomic mass is 32.2. The number of hydrogen-bond donors (Lipinski definition) is 2. The number of hydrogen-bond acceptors (Lipinski definition) is 5. The van der Waals surface area contributed by atoms with E-state index in [9.17, 15) is 18.0 Å². The quantitative estimate of drug-likeness (QED) is 0.697. The molecular formula is C16H26N2O5S. The minimum atomic E-state index is -3.69. The van der Waals surface area contributed by atoms with Crippen molar-refractivity contribution in [3.8, 4) is 0 Å². The van der Waals surface area contributed by atoms with Crippen LogP contribution in [0.25, 0.3) is 0 Å². The highest BCUT2D eigenvalue weighted by Gasteiger charge is 2.61. The molecule has 1 saturated carbocycles. The van der Waals surface area contributed by atoms with Gasteiger partial charge in [0, 0.05) is 5.92 Å². The van der Waals surface area contributed by atoms with E-state index < -0.39 is 33.2 Å². The topological polar surface area (TPSA) is 102 Å². The lowest BCUT2D eigenvalue weighted by Crippen LogP contribution is -2.53. The molecule has 2 amide bonds. The van der Waals surface area contributed by atoms with Gasteiger partial charge in [-0.25, -0.2) is 13.2 Å². The molecule has 24 heavy (non-hydrogen) atoms. The van der Waals surface area contributed by atoms with Gasteiger partial charge in [0.05, 0.1) is 5.75 Å². The average molecular weight is 358 g/mol. The van der Waals surface area contributed by atoms with Crippen molar-refractivity contribution in [1.82, 2.24) is 10.0 Å². The minimum Gasteiger partial charge on any atom is -0.444 e. The predicted molar refractivity (Wildman–Crippen MR) is 89.7 cm³/mol. The minimum absolute atomic E-state index is 0.0877. The number of nitrogens with one attached hydrogen (secondary N) is 2. The summed E-state index contributed by atoms with van der Waals surface area (Å²) < 4.78 is 31.4. The van der Waals surface area contributed by atoms with Crippen molar-refractivity contribution < 1.29 is 22.7 Å². The molecule has 0 spiro atoms. The first-order valence-corrected chi connectivity index (χ1v) is 9.92. The number of sulfonamides is 1. The molecule has 1 aliphatic heterocycles. The van der Waals surface area contributed by atoms with Crippen molar-refractivity contribution in [3.63, 3.8) is 0 Å². The number of alkyl carbamates (subject to hydrolysis) is 1.